The molecule has 0 aromatic heterocycles. The second kappa shape index (κ2) is 10.1. The van der Waals surface area contributed by atoms with Crippen LogP contribution in [0.2, 0.25) is 10.0 Å². The highest BCUT2D eigenvalue weighted by Gasteiger charge is 2.07. The van der Waals surface area contributed by atoms with Crippen molar-refractivity contribution in [2.24, 2.45) is 0 Å². The fourth-order valence-electron chi connectivity index (χ4n) is 2.72. The second-order valence-electron chi connectivity index (χ2n) is 6.19. The first-order valence-corrected chi connectivity index (χ1v) is 10.3. The smallest absolute Gasteiger partial charge is 0.124 e. The summed E-state index contributed by atoms with van der Waals surface area (Å²) in [6, 6.07) is 21.9. The molecule has 3 rings (SSSR count). The van der Waals surface area contributed by atoms with E-state index in [1.54, 1.807) is 6.07 Å². The lowest BCUT2D eigenvalue weighted by atomic mass is 10.1. The Balaban J connectivity index is 1.59. The lowest BCUT2D eigenvalue weighted by Crippen LogP contribution is -2.17. The van der Waals surface area contributed by atoms with Gasteiger partial charge in [-0.05, 0) is 48.9 Å². The van der Waals surface area contributed by atoms with Crippen molar-refractivity contribution in [2.75, 3.05) is 6.54 Å². The second-order valence-corrected chi connectivity index (χ2v) is 7.95. The summed E-state index contributed by atoms with van der Waals surface area (Å²) in [5.41, 5.74) is 3.34. The minimum atomic E-state index is 0.397. The largest absolute Gasteiger partial charge is 0.489 e. The zero-order valence-corrected chi connectivity index (χ0v) is 17.8. The number of ether oxygens (including phenoxy) is 1. The summed E-state index contributed by atoms with van der Waals surface area (Å²) in [5, 5.41) is 4.72. The van der Waals surface area contributed by atoms with Crippen LogP contribution in [0.4, 0.5) is 0 Å². The maximum absolute atomic E-state index is 6.24. The van der Waals surface area contributed by atoms with Crippen LogP contribution >= 0.6 is 39.1 Å². The molecule has 0 radical (unpaired) electrons. The number of hydrogen-bond donors (Lipinski definition) is 1. The minimum absolute atomic E-state index is 0.397. The maximum atomic E-state index is 6.24. The fraction of sp³-hybridized carbons (Fsp3) is 0.182. The predicted molar refractivity (Wildman–Crippen MR) is 117 cm³/mol. The van der Waals surface area contributed by atoms with Gasteiger partial charge < -0.3 is 10.1 Å². The van der Waals surface area contributed by atoms with Crippen LogP contribution < -0.4 is 10.1 Å². The van der Waals surface area contributed by atoms with Crippen LogP contribution in [0.5, 0.6) is 5.75 Å². The van der Waals surface area contributed by atoms with E-state index in [4.69, 9.17) is 27.9 Å². The Morgan fingerprint density at radius 1 is 0.889 bits per heavy atom. The van der Waals surface area contributed by atoms with Crippen LogP contribution in [0, 0.1) is 0 Å². The van der Waals surface area contributed by atoms with Gasteiger partial charge in [0.15, 0.2) is 0 Å². The van der Waals surface area contributed by atoms with Crippen LogP contribution in [-0.4, -0.2) is 6.54 Å². The zero-order valence-electron chi connectivity index (χ0n) is 14.7. The molecule has 0 aliphatic carbocycles. The molecule has 3 aromatic rings. The van der Waals surface area contributed by atoms with E-state index < -0.39 is 0 Å². The highest BCUT2D eigenvalue weighted by Crippen LogP contribution is 2.26. The van der Waals surface area contributed by atoms with Crippen molar-refractivity contribution in [1.29, 1.82) is 0 Å². The molecule has 0 aliphatic heterocycles. The molecule has 0 fully saturated rings. The molecule has 27 heavy (non-hydrogen) atoms. The first-order valence-electron chi connectivity index (χ1n) is 8.71. The molecule has 0 saturated heterocycles. The highest BCUT2D eigenvalue weighted by atomic mass is 79.9. The molecule has 0 bridgehead atoms. The Morgan fingerprint density at radius 3 is 2.48 bits per heavy atom. The van der Waals surface area contributed by atoms with E-state index in [0.29, 0.717) is 16.7 Å². The Kier molecular flexibility index (Phi) is 7.59. The molecule has 5 heteroatoms. The molecule has 140 valence electrons. The van der Waals surface area contributed by atoms with Crippen molar-refractivity contribution < 1.29 is 4.74 Å². The summed E-state index contributed by atoms with van der Waals surface area (Å²) in [6.07, 6.45) is 0.991. The molecule has 0 spiro atoms. The molecule has 0 heterocycles. The Morgan fingerprint density at radius 2 is 1.70 bits per heavy atom. The third-order valence-electron chi connectivity index (χ3n) is 4.17. The quantitative estimate of drug-likeness (QED) is 0.376. The van der Waals surface area contributed by atoms with Gasteiger partial charge in [-0.15, -0.1) is 0 Å². The average molecular weight is 465 g/mol. The standard InChI is InChI=1S/C22H20BrCl2NO/c23-19-7-9-22(27-15-17-6-8-20(24)13-21(17)25)18(12-19)14-26-11-10-16-4-2-1-3-5-16/h1-9,12-13,26H,10-11,14-15H2. The van der Waals surface area contributed by atoms with Gasteiger partial charge in [0.05, 0.1) is 0 Å². The van der Waals surface area contributed by atoms with E-state index >= 15 is 0 Å². The van der Waals surface area contributed by atoms with Crippen LogP contribution in [0.25, 0.3) is 0 Å². The minimum Gasteiger partial charge on any atom is -0.489 e. The third kappa shape index (κ3) is 6.25. The Hall–Kier alpha value is -1.52. The lowest BCUT2D eigenvalue weighted by Gasteiger charge is -2.14. The zero-order chi connectivity index (χ0) is 19.1. The van der Waals surface area contributed by atoms with E-state index in [-0.39, 0.29) is 0 Å². The average Bonchev–Trinajstić information content (AvgIpc) is 2.66. The Bertz CT molecular complexity index is 887. The normalized spacial score (nSPS) is 10.8. The topological polar surface area (TPSA) is 21.3 Å². The van der Waals surface area contributed by atoms with Crippen molar-refractivity contribution in [3.8, 4) is 5.75 Å². The summed E-state index contributed by atoms with van der Waals surface area (Å²) in [6.45, 7) is 2.03. The molecule has 0 atom stereocenters. The SMILES string of the molecule is Clc1ccc(COc2ccc(Br)cc2CNCCc2ccccc2)c(Cl)c1. The predicted octanol–water partition coefficient (Wildman–Crippen LogP) is 6.67. The number of benzene rings is 3. The van der Waals surface area contributed by atoms with Gasteiger partial charge in [0.25, 0.3) is 0 Å². The fourth-order valence-corrected chi connectivity index (χ4v) is 3.59. The van der Waals surface area contributed by atoms with E-state index in [2.05, 4.69) is 51.6 Å². The van der Waals surface area contributed by atoms with Crippen LogP contribution in [0.1, 0.15) is 16.7 Å². The van der Waals surface area contributed by atoms with Crippen molar-refractivity contribution in [3.63, 3.8) is 0 Å². The molecule has 0 unspecified atom stereocenters. The summed E-state index contributed by atoms with van der Waals surface area (Å²) >= 11 is 15.7. The molecule has 3 aromatic carbocycles. The van der Waals surface area contributed by atoms with Gasteiger partial charge in [0, 0.05) is 32.2 Å². The van der Waals surface area contributed by atoms with Gasteiger partial charge in [-0.25, -0.2) is 0 Å². The number of nitrogens with one attached hydrogen (secondary N) is 1. The Labute approximate surface area is 178 Å². The molecule has 0 amide bonds. The van der Waals surface area contributed by atoms with Gasteiger partial charge in [-0.2, -0.15) is 0 Å². The molecule has 1 N–H and O–H groups in total. The first kappa shape index (κ1) is 20.2. The molecule has 0 saturated carbocycles. The number of hydrogen-bond acceptors (Lipinski definition) is 2. The van der Waals surface area contributed by atoms with Gasteiger partial charge in [-0.1, -0.05) is 75.5 Å². The lowest BCUT2D eigenvalue weighted by molar-refractivity contribution is 0.302. The van der Waals surface area contributed by atoms with Crippen LogP contribution in [-0.2, 0) is 19.6 Å². The number of rotatable bonds is 8. The van der Waals surface area contributed by atoms with Crippen molar-refractivity contribution in [3.05, 3.63) is 97.9 Å². The van der Waals surface area contributed by atoms with Crippen molar-refractivity contribution >= 4 is 39.1 Å². The molecule has 0 aliphatic rings. The summed E-state index contributed by atoms with van der Waals surface area (Å²) in [4.78, 5) is 0. The van der Waals surface area contributed by atoms with E-state index in [1.807, 2.05) is 30.3 Å². The van der Waals surface area contributed by atoms with Crippen LogP contribution in [0.15, 0.2) is 71.2 Å². The van der Waals surface area contributed by atoms with E-state index in [1.165, 1.54) is 5.56 Å². The maximum Gasteiger partial charge on any atom is 0.124 e. The van der Waals surface area contributed by atoms with Gasteiger partial charge in [0.2, 0.25) is 0 Å². The highest BCUT2D eigenvalue weighted by molar-refractivity contribution is 9.10. The molecule has 2 nitrogen and oxygen atoms in total. The molecular weight excluding hydrogens is 445 g/mol. The van der Waals surface area contributed by atoms with Gasteiger partial charge in [-0.3, -0.25) is 0 Å². The third-order valence-corrected chi connectivity index (χ3v) is 5.25. The van der Waals surface area contributed by atoms with Gasteiger partial charge in [0.1, 0.15) is 12.4 Å². The summed E-state index contributed by atoms with van der Waals surface area (Å²) in [7, 11) is 0. The summed E-state index contributed by atoms with van der Waals surface area (Å²) < 4.78 is 7.05. The molecular formula is C22H20BrCl2NO. The van der Waals surface area contributed by atoms with Crippen LogP contribution in [0.3, 0.4) is 0 Å². The van der Waals surface area contributed by atoms with Gasteiger partial charge >= 0.3 is 0 Å². The van der Waals surface area contributed by atoms with Crippen molar-refractivity contribution in [2.45, 2.75) is 19.6 Å². The van der Waals surface area contributed by atoms with E-state index in [0.717, 1.165) is 40.9 Å². The van der Waals surface area contributed by atoms with Crippen molar-refractivity contribution in [1.82, 2.24) is 5.32 Å². The monoisotopic (exact) mass is 463 g/mol. The number of halogens is 3. The summed E-state index contributed by atoms with van der Waals surface area (Å²) in [5.74, 6) is 0.844. The van der Waals surface area contributed by atoms with E-state index in [9.17, 15) is 0 Å². The first-order chi connectivity index (χ1) is 13.1.